The van der Waals surface area contributed by atoms with Gasteiger partial charge < -0.3 is 0 Å². The molecule has 1 saturated carbocycles. The van der Waals surface area contributed by atoms with Crippen LogP contribution in [0.3, 0.4) is 0 Å². The SMILES string of the molecule is CC(=O)C1(c2ccccc2C#N)CCCC1. The van der Waals surface area contributed by atoms with Crippen LogP contribution in [-0.4, -0.2) is 5.78 Å². The fraction of sp³-hybridized carbons (Fsp3) is 0.429. The van der Waals surface area contributed by atoms with E-state index in [2.05, 4.69) is 6.07 Å². The van der Waals surface area contributed by atoms with Crippen molar-refractivity contribution in [1.82, 2.24) is 0 Å². The van der Waals surface area contributed by atoms with Crippen LogP contribution < -0.4 is 0 Å². The Morgan fingerprint density at radius 2 is 1.94 bits per heavy atom. The Bertz CT molecular complexity index is 450. The maximum atomic E-state index is 11.9. The molecule has 0 N–H and O–H groups in total. The van der Waals surface area contributed by atoms with Crippen molar-refractivity contribution in [2.75, 3.05) is 0 Å². The standard InChI is InChI=1S/C14H15NO/c1-11(16)14(8-4-5-9-14)13-7-3-2-6-12(13)10-15/h2-3,6-7H,4-5,8-9H2,1H3. The number of carbonyl (C=O) groups is 1. The second-order valence-electron chi connectivity index (χ2n) is 4.50. The maximum Gasteiger partial charge on any atom is 0.140 e. The number of carbonyl (C=O) groups excluding carboxylic acids is 1. The number of hydrogen-bond donors (Lipinski definition) is 0. The minimum atomic E-state index is -0.383. The zero-order valence-corrected chi connectivity index (χ0v) is 9.49. The van der Waals surface area contributed by atoms with E-state index in [1.807, 2.05) is 18.2 Å². The third-order valence-corrected chi connectivity index (χ3v) is 3.69. The first kappa shape index (κ1) is 10.9. The van der Waals surface area contributed by atoms with Crippen LogP contribution in [0.25, 0.3) is 0 Å². The van der Waals surface area contributed by atoms with Gasteiger partial charge in [0.05, 0.1) is 17.0 Å². The summed E-state index contributed by atoms with van der Waals surface area (Å²) in [6.07, 6.45) is 3.95. The van der Waals surface area contributed by atoms with Gasteiger partial charge >= 0.3 is 0 Å². The van der Waals surface area contributed by atoms with E-state index in [-0.39, 0.29) is 11.2 Å². The van der Waals surface area contributed by atoms with Crippen molar-refractivity contribution in [2.24, 2.45) is 0 Å². The normalized spacial score (nSPS) is 18.0. The summed E-state index contributed by atoms with van der Waals surface area (Å²) in [6, 6.07) is 9.71. The topological polar surface area (TPSA) is 40.9 Å². The van der Waals surface area contributed by atoms with Gasteiger partial charge in [-0.2, -0.15) is 5.26 Å². The Kier molecular flexibility index (Phi) is 2.78. The number of hydrogen-bond acceptors (Lipinski definition) is 2. The average molecular weight is 213 g/mol. The van der Waals surface area contributed by atoms with Crippen LogP contribution in [0.15, 0.2) is 24.3 Å². The van der Waals surface area contributed by atoms with Crippen LogP contribution >= 0.6 is 0 Å². The summed E-state index contributed by atoms with van der Waals surface area (Å²) in [7, 11) is 0. The molecule has 0 radical (unpaired) electrons. The minimum absolute atomic E-state index is 0.202. The molecule has 1 aromatic carbocycles. The first-order valence-corrected chi connectivity index (χ1v) is 5.71. The lowest BCUT2D eigenvalue weighted by atomic mass is 9.74. The number of benzene rings is 1. The van der Waals surface area contributed by atoms with Crippen LogP contribution in [0.5, 0.6) is 0 Å². The number of Topliss-reactive ketones (excluding diaryl/α,β-unsaturated/α-hetero) is 1. The summed E-state index contributed by atoms with van der Waals surface area (Å²) >= 11 is 0. The highest BCUT2D eigenvalue weighted by Crippen LogP contribution is 2.42. The Balaban J connectivity index is 2.56. The van der Waals surface area contributed by atoms with Gasteiger partial charge in [0.15, 0.2) is 0 Å². The number of nitriles is 1. The van der Waals surface area contributed by atoms with Crippen molar-refractivity contribution >= 4 is 5.78 Å². The molecule has 0 atom stereocenters. The molecule has 0 unspecified atom stereocenters. The third-order valence-electron chi connectivity index (χ3n) is 3.69. The molecule has 1 fully saturated rings. The molecule has 1 aliphatic carbocycles. The summed E-state index contributed by atoms with van der Waals surface area (Å²) in [6.45, 7) is 1.65. The molecular formula is C14H15NO. The van der Waals surface area contributed by atoms with Gasteiger partial charge in [0.1, 0.15) is 5.78 Å². The first-order valence-electron chi connectivity index (χ1n) is 5.71. The van der Waals surface area contributed by atoms with E-state index in [4.69, 9.17) is 5.26 Å². The first-order chi connectivity index (χ1) is 7.70. The predicted molar refractivity (Wildman–Crippen MR) is 62.0 cm³/mol. The van der Waals surface area contributed by atoms with Gasteiger partial charge in [0.2, 0.25) is 0 Å². The molecule has 0 saturated heterocycles. The van der Waals surface area contributed by atoms with Crippen molar-refractivity contribution in [2.45, 2.75) is 38.0 Å². The molecule has 82 valence electrons. The van der Waals surface area contributed by atoms with Gasteiger partial charge in [0, 0.05) is 0 Å². The molecule has 0 heterocycles. The average Bonchev–Trinajstić information content (AvgIpc) is 2.79. The van der Waals surface area contributed by atoms with E-state index in [0.29, 0.717) is 5.56 Å². The zero-order valence-electron chi connectivity index (χ0n) is 9.49. The van der Waals surface area contributed by atoms with E-state index >= 15 is 0 Å². The molecular weight excluding hydrogens is 198 g/mol. The van der Waals surface area contributed by atoms with Crippen LogP contribution in [0.4, 0.5) is 0 Å². The highest BCUT2D eigenvalue weighted by molar-refractivity contribution is 5.89. The molecule has 0 aliphatic heterocycles. The van der Waals surface area contributed by atoms with Crippen LogP contribution in [-0.2, 0) is 10.2 Å². The lowest BCUT2D eigenvalue weighted by Crippen LogP contribution is -2.31. The van der Waals surface area contributed by atoms with Crippen molar-refractivity contribution < 1.29 is 4.79 Å². The number of nitrogens with zero attached hydrogens (tertiary/aromatic N) is 1. The van der Waals surface area contributed by atoms with Crippen LogP contribution in [0, 0.1) is 11.3 Å². The van der Waals surface area contributed by atoms with E-state index in [9.17, 15) is 4.79 Å². The van der Waals surface area contributed by atoms with Gasteiger partial charge in [-0.15, -0.1) is 0 Å². The fourth-order valence-corrected chi connectivity index (χ4v) is 2.79. The van der Waals surface area contributed by atoms with Gasteiger partial charge in [-0.3, -0.25) is 4.79 Å². The quantitative estimate of drug-likeness (QED) is 0.757. The molecule has 1 aliphatic rings. The second-order valence-corrected chi connectivity index (χ2v) is 4.50. The fourth-order valence-electron chi connectivity index (χ4n) is 2.79. The second kappa shape index (κ2) is 4.09. The third kappa shape index (κ3) is 1.53. The van der Waals surface area contributed by atoms with Crippen molar-refractivity contribution in [3.8, 4) is 6.07 Å². The summed E-state index contributed by atoms with van der Waals surface area (Å²) < 4.78 is 0. The van der Waals surface area contributed by atoms with Crippen molar-refractivity contribution in [3.63, 3.8) is 0 Å². The van der Waals surface area contributed by atoms with Gasteiger partial charge in [0.25, 0.3) is 0 Å². The Labute approximate surface area is 95.9 Å². The summed E-state index contributed by atoms with van der Waals surface area (Å²) in [4.78, 5) is 11.9. The van der Waals surface area contributed by atoms with Crippen molar-refractivity contribution in [3.05, 3.63) is 35.4 Å². The smallest absolute Gasteiger partial charge is 0.140 e. The highest BCUT2D eigenvalue weighted by atomic mass is 16.1. The van der Waals surface area contributed by atoms with E-state index < -0.39 is 0 Å². The molecule has 0 bridgehead atoms. The Morgan fingerprint density at radius 1 is 1.31 bits per heavy atom. The summed E-state index contributed by atoms with van der Waals surface area (Å²) in [5, 5.41) is 9.11. The van der Waals surface area contributed by atoms with E-state index in [0.717, 1.165) is 31.2 Å². The Hall–Kier alpha value is -1.62. The number of ketones is 1. The molecule has 2 nitrogen and oxygen atoms in total. The molecule has 0 spiro atoms. The lowest BCUT2D eigenvalue weighted by molar-refractivity contribution is -0.122. The molecule has 16 heavy (non-hydrogen) atoms. The van der Waals surface area contributed by atoms with Crippen molar-refractivity contribution in [1.29, 1.82) is 5.26 Å². The van der Waals surface area contributed by atoms with E-state index in [1.54, 1.807) is 13.0 Å². The van der Waals surface area contributed by atoms with Gasteiger partial charge in [-0.05, 0) is 31.4 Å². The molecule has 0 amide bonds. The van der Waals surface area contributed by atoms with E-state index in [1.165, 1.54) is 0 Å². The lowest BCUT2D eigenvalue weighted by Gasteiger charge is -2.27. The summed E-state index contributed by atoms with van der Waals surface area (Å²) in [5.41, 5.74) is 1.20. The molecule has 1 aromatic rings. The van der Waals surface area contributed by atoms with Gasteiger partial charge in [-0.25, -0.2) is 0 Å². The van der Waals surface area contributed by atoms with Crippen LogP contribution in [0.1, 0.15) is 43.7 Å². The monoisotopic (exact) mass is 213 g/mol. The zero-order chi connectivity index (χ0) is 11.6. The molecule has 2 heteroatoms. The molecule has 0 aromatic heterocycles. The predicted octanol–water partition coefficient (Wildman–Crippen LogP) is 2.96. The summed E-state index contributed by atoms with van der Waals surface area (Å²) in [5.74, 6) is 0.202. The Morgan fingerprint density at radius 3 is 2.50 bits per heavy atom. The van der Waals surface area contributed by atoms with Gasteiger partial charge in [-0.1, -0.05) is 31.0 Å². The number of rotatable bonds is 2. The highest BCUT2D eigenvalue weighted by Gasteiger charge is 2.41. The molecule has 2 rings (SSSR count). The minimum Gasteiger partial charge on any atom is -0.299 e. The maximum absolute atomic E-state index is 11.9. The largest absolute Gasteiger partial charge is 0.299 e. The van der Waals surface area contributed by atoms with Crippen LogP contribution in [0.2, 0.25) is 0 Å².